The van der Waals surface area contributed by atoms with Crippen molar-refractivity contribution in [2.45, 2.75) is 25.8 Å². The lowest BCUT2D eigenvalue weighted by molar-refractivity contribution is 0.489. The van der Waals surface area contributed by atoms with Gasteiger partial charge in [-0.05, 0) is 32.7 Å². The summed E-state index contributed by atoms with van der Waals surface area (Å²) in [5.74, 6) is 0. The van der Waals surface area contributed by atoms with Crippen LogP contribution in [0.3, 0.4) is 0 Å². The molecule has 1 nitrogen and oxygen atoms in total. The van der Waals surface area contributed by atoms with Crippen LogP contribution in [0.1, 0.15) is 19.8 Å². The van der Waals surface area contributed by atoms with Crippen molar-refractivity contribution in [2.24, 2.45) is 0 Å². The van der Waals surface area contributed by atoms with Crippen LogP contribution in [0.15, 0.2) is 0 Å². The maximum absolute atomic E-state index is 3.35. The highest BCUT2D eigenvalue weighted by molar-refractivity contribution is 4.79. The molecule has 7 heavy (non-hydrogen) atoms. The van der Waals surface area contributed by atoms with Gasteiger partial charge in [-0.2, -0.15) is 0 Å². The Morgan fingerprint density at radius 1 is 1.71 bits per heavy atom. The van der Waals surface area contributed by atoms with Crippen LogP contribution in [0.25, 0.3) is 0 Å². The van der Waals surface area contributed by atoms with Gasteiger partial charge in [-0.3, -0.25) is 0 Å². The van der Waals surface area contributed by atoms with Crippen LogP contribution in [0.2, 0.25) is 0 Å². The van der Waals surface area contributed by atoms with Crippen molar-refractivity contribution in [3.05, 3.63) is 6.42 Å². The van der Waals surface area contributed by atoms with E-state index >= 15 is 0 Å². The maximum atomic E-state index is 3.35. The van der Waals surface area contributed by atoms with Gasteiger partial charge in [0.15, 0.2) is 0 Å². The summed E-state index contributed by atoms with van der Waals surface area (Å²) in [7, 11) is 0. The maximum Gasteiger partial charge on any atom is 0.00414 e. The molecule has 1 heterocycles. The summed E-state index contributed by atoms with van der Waals surface area (Å²) >= 11 is 0. The SMILES string of the molecule is CC1C[CH]CCN1. The molecule has 0 spiro atoms. The van der Waals surface area contributed by atoms with Crippen molar-refractivity contribution < 1.29 is 0 Å². The highest BCUT2D eigenvalue weighted by Gasteiger charge is 2.04. The van der Waals surface area contributed by atoms with Gasteiger partial charge in [0.2, 0.25) is 0 Å². The average molecular weight is 98.2 g/mol. The predicted octanol–water partition coefficient (Wildman–Crippen LogP) is 0.963. The second-order valence-electron chi connectivity index (χ2n) is 2.17. The van der Waals surface area contributed by atoms with Crippen LogP contribution < -0.4 is 5.32 Å². The first-order valence-corrected chi connectivity index (χ1v) is 2.94. The molecule has 0 saturated carbocycles. The van der Waals surface area contributed by atoms with E-state index in [1.54, 1.807) is 0 Å². The molecule has 0 aromatic heterocycles. The van der Waals surface area contributed by atoms with E-state index in [1.807, 2.05) is 0 Å². The zero-order valence-corrected chi connectivity index (χ0v) is 4.78. The lowest BCUT2D eigenvalue weighted by Gasteiger charge is -2.17. The van der Waals surface area contributed by atoms with E-state index in [4.69, 9.17) is 0 Å². The second kappa shape index (κ2) is 2.31. The van der Waals surface area contributed by atoms with E-state index in [-0.39, 0.29) is 0 Å². The molecular weight excluding hydrogens is 86.1 g/mol. The van der Waals surface area contributed by atoms with Gasteiger partial charge < -0.3 is 5.32 Å². The Morgan fingerprint density at radius 3 is 2.86 bits per heavy atom. The van der Waals surface area contributed by atoms with Gasteiger partial charge in [-0.1, -0.05) is 0 Å². The number of nitrogens with one attached hydrogen (secondary N) is 1. The first kappa shape index (κ1) is 5.10. The van der Waals surface area contributed by atoms with Gasteiger partial charge >= 0.3 is 0 Å². The number of rotatable bonds is 0. The summed E-state index contributed by atoms with van der Waals surface area (Å²) < 4.78 is 0. The van der Waals surface area contributed by atoms with Gasteiger partial charge in [0.1, 0.15) is 0 Å². The van der Waals surface area contributed by atoms with E-state index in [9.17, 15) is 0 Å². The molecule has 41 valence electrons. The quantitative estimate of drug-likeness (QED) is 0.476. The first-order chi connectivity index (χ1) is 3.39. The largest absolute Gasteiger partial charge is 0.314 e. The van der Waals surface area contributed by atoms with Crippen molar-refractivity contribution in [3.63, 3.8) is 0 Å². The summed E-state index contributed by atoms with van der Waals surface area (Å²) in [6.45, 7) is 3.40. The van der Waals surface area contributed by atoms with E-state index in [1.165, 1.54) is 19.4 Å². The third-order valence-corrected chi connectivity index (χ3v) is 1.36. The van der Waals surface area contributed by atoms with Crippen LogP contribution in [-0.2, 0) is 0 Å². The fourth-order valence-electron chi connectivity index (χ4n) is 0.883. The summed E-state index contributed by atoms with van der Waals surface area (Å²) in [6, 6.07) is 0.730. The molecule has 0 bridgehead atoms. The molecule has 1 rings (SSSR count). The van der Waals surface area contributed by atoms with Crippen LogP contribution >= 0.6 is 0 Å². The summed E-state index contributed by atoms with van der Waals surface area (Å²) in [5, 5.41) is 3.35. The van der Waals surface area contributed by atoms with Crippen LogP contribution in [0, 0.1) is 6.42 Å². The monoisotopic (exact) mass is 98.1 g/mol. The summed E-state index contributed by atoms with van der Waals surface area (Å²) in [4.78, 5) is 0. The van der Waals surface area contributed by atoms with E-state index in [0.717, 1.165) is 6.04 Å². The smallest absolute Gasteiger partial charge is 0.00414 e. The fraction of sp³-hybridized carbons (Fsp3) is 0.833. The summed E-state index contributed by atoms with van der Waals surface area (Å²) in [5.41, 5.74) is 0. The normalized spacial score (nSPS) is 33.0. The van der Waals surface area contributed by atoms with Crippen molar-refractivity contribution in [3.8, 4) is 0 Å². The molecule has 1 aliphatic rings. The highest BCUT2D eigenvalue weighted by atomic mass is 14.9. The minimum Gasteiger partial charge on any atom is -0.314 e. The minimum atomic E-state index is 0.730. The molecule has 1 fully saturated rings. The van der Waals surface area contributed by atoms with Gasteiger partial charge in [-0.25, -0.2) is 0 Å². The molecule has 1 saturated heterocycles. The molecular formula is C6H12N. The molecule has 1 radical (unpaired) electrons. The lowest BCUT2D eigenvalue weighted by atomic mass is 10.1. The van der Waals surface area contributed by atoms with E-state index < -0.39 is 0 Å². The van der Waals surface area contributed by atoms with Gasteiger partial charge in [0.05, 0.1) is 0 Å². The highest BCUT2D eigenvalue weighted by Crippen LogP contribution is 2.03. The molecule has 0 aromatic rings. The van der Waals surface area contributed by atoms with Crippen molar-refractivity contribution in [1.82, 2.24) is 5.32 Å². The molecule has 0 aliphatic carbocycles. The molecule has 0 amide bonds. The Kier molecular flexibility index (Phi) is 1.69. The Bertz CT molecular complexity index is 46.1. The molecule has 0 aromatic carbocycles. The standard InChI is InChI=1S/C6H12N/c1-6-4-2-3-5-7-6/h2,6-7H,3-5H2,1H3. The fourth-order valence-corrected chi connectivity index (χ4v) is 0.883. The molecule has 1 aliphatic heterocycles. The number of hydrogen-bond donors (Lipinski definition) is 1. The zero-order valence-electron chi connectivity index (χ0n) is 4.78. The first-order valence-electron chi connectivity index (χ1n) is 2.94. The van der Waals surface area contributed by atoms with Gasteiger partial charge in [0, 0.05) is 6.04 Å². The third kappa shape index (κ3) is 1.48. The Hall–Kier alpha value is -0.0400. The van der Waals surface area contributed by atoms with E-state index in [2.05, 4.69) is 18.7 Å². The Labute approximate surface area is 45.1 Å². The van der Waals surface area contributed by atoms with E-state index in [0.29, 0.717) is 0 Å². The third-order valence-electron chi connectivity index (χ3n) is 1.36. The van der Waals surface area contributed by atoms with Crippen LogP contribution in [0.5, 0.6) is 0 Å². The Balaban J connectivity index is 2.12. The number of hydrogen-bond acceptors (Lipinski definition) is 1. The van der Waals surface area contributed by atoms with Gasteiger partial charge in [0.25, 0.3) is 0 Å². The second-order valence-corrected chi connectivity index (χ2v) is 2.17. The van der Waals surface area contributed by atoms with Crippen molar-refractivity contribution >= 4 is 0 Å². The predicted molar refractivity (Wildman–Crippen MR) is 31.0 cm³/mol. The van der Waals surface area contributed by atoms with Gasteiger partial charge in [-0.15, -0.1) is 0 Å². The summed E-state index contributed by atoms with van der Waals surface area (Å²) in [6.07, 6.45) is 4.85. The van der Waals surface area contributed by atoms with Crippen LogP contribution in [0.4, 0.5) is 0 Å². The Morgan fingerprint density at radius 2 is 2.57 bits per heavy atom. The molecule has 1 heteroatoms. The molecule has 1 N–H and O–H groups in total. The topological polar surface area (TPSA) is 12.0 Å². The molecule has 1 atom stereocenters. The van der Waals surface area contributed by atoms with Crippen molar-refractivity contribution in [2.75, 3.05) is 6.54 Å². The number of piperidine rings is 1. The lowest BCUT2D eigenvalue weighted by Crippen LogP contribution is -2.31. The van der Waals surface area contributed by atoms with Crippen LogP contribution in [-0.4, -0.2) is 12.6 Å². The zero-order chi connectivity index (χ0) is 5.11. The average Bonchev–Trinajstić information content (AvgIpc) is 1.69. The van der Waals surface area contributed by atoms with Crippen molar-refractivity contribution in [1.29, 1.82) is 0 Å². The molecule has 1 unspecified atom stereocenters. The minimum absolute atomic E-state index is 0.730.